The molecule has 20 heavy (non-hydrogen) atoms. The lowest BCUT2D eigenvalue weighted by Crippen LogP contribution is -2.22. The van der Waals surface area contributed by atoms with Crippen LogP contribution in [0.25, 0.3) is 0 Å². The topological polar surface area (TPSA) is 101 Å². The smallest absolute Gasteiger partial charge is 0.290 e. The number of aromatic amines is 1. The summed E-state index contributed by atoms with van der Waals surface area (Å²) in [6.45, 7) is 0.239. The monoisotopic (exact) mass is 314 g/mol. The number of rotatable bonds is 4. The number of halogens is 2. The predicted molar refractivity (Wildman–Crippen MR) is 72.9 cm³/mol. The number of nitro groups is 1. The van der Waals surface area contributed by atoms with Gasteiger partial charge in [-0.05, 0) is 6.07 Å². The van der Waals surface area contributed by atoms with Gasteiger partial charge in [-0.1, -0.05) is 23.2 Å². The number of nitro benzene ring substituents is 1. The summed E-state index contributed by atoms with van der Waals surface area (Å²) in [6.07, 6.45) is 3.18. The first-order valence-corrected chi connectivity index (χ1v) is 6.14. The van der Waals surface area contributed by atoms with E-state index in [-0.39, 0.29) is 22.2 Å². The molecule has 2 rings (SSSR count). The largest absolute Gasteiger partial charge is 0.348 e. The molecule has 1 amide bonds. The predicted octanol–water partition coefficient (Wildman–Crippen LogP) is 2.55. The number of aromatic nitrogens is 2. The van der Waals surface area contributed by atoms with Gasteiger partial charge in [-0.3, -0.25) is 20.0 Å². The molecule has 7 nitrogen and oxygen atoms in total. The number of hydrogen-bond acceptors (Lipinski definition) is 4. The highest BCUT2D eigenvalue weighted by atomic mass is 35.5. The summed E-state index contributed by atoms with van der Waals surface area (Å²) in [6, 6.07) is 2.36. The van der Waals surface area contributed by atoms with Crippen LogP contribution in [-0.2, 0) is 6.54 Å². The third kappa shape index (κ3) is 3.06. The summed E-state index contributed by atoms with van der Waals surface area (Å²) < 4.78 is 0. The van der Waals surface area contributed by atoms with E-state index in [0.717, 1.165) is 11.6 Å². The van der Waals surface area contributed by atoms with Gasteiger partial charge >= 0.3 is 0 Å². The van der Waals surface area contributed by atoms with Crippen molar-refractivity contribution in [3.8, 4) is 0 Å². The summed E-state index contributed by atoms with van der Waals surface area (Å²) in [4.78, 5) is 22.0. The van der Waals surface area contributed by atoms with Gasteiger partial charge in [0.2, 0.25) is 0 Å². The molecule has 2 aromatic rings. The molecule has 0 atom stereocenters. The van der Waals surface area contributed by atoms with Gasteiger partial charge < -0.3 is 5.32 Å². The van der Waals surface area contributed by atoms with Crippen LogP contribution in [0.3, 0.4) is 0 Å². The fourth-order valence-corrected chi connectivity index (χ4v) is 1.89. The fourth-order valence-electron chi connectivity index (χ4n) is 1.50. The van der Waals surface area contributed by atoms with Crippen LogP contribution in [0, 0.1) is 10.1 Å². The Morgan fingerprint density at radius 3 is 2.80 bits per heavy atom. The van der Waals surface area contributed by atoms with Crippen molar-refractivity contribution in [2.75, 3.05) is 0 Å². The van der Waals surface area contributed by atoms with E-state index < -0.39 is 16.5 Å². The molecule has 1 aromatic heterocycles. The number of nitrogens with one attached hydrogen (secondary N) is 2. The first kappa shape index (κ1) is 14.3. The Hall–Kier alpha value is -2.12. The van der Waals surface area contributed by atoms with Crippen molar-refractivity contribution in [1.82, 2.24) is 15.5 Å². The highest BCUT2D eigenvalue weighted by molar-refractivity contribution is 6.43. The number of benzene rings is 1. The van der Waals surface area contributed by atoms with Gasteiger partial charge in [0.15, 0.2) is 0 Å². The van der Waals surface area contributed by atoms with Crippen LogP contribution >= 0.6 is 23.2 Å². The minimum Gasteiger partial charge on any atom is -0.348 e. The normalized spacial score (nSPS) is 10.3. The maximum Gasteiger partial charge on any atom is 0.290 e. The van der Waals surface area contributed by atoms with E-state index >= 15 is 0 Å². The standard InChI is InChI=1S/C11H8Cl2N4O3/c12-8-1-7(2-9(10(8)13)17(19)20)11(18)14-3-6-4-15-16-5-6/h1-2,4-5H,3H2,(H,14,18)(H,15,16). The summed E-state index contributed by atoms with van der Waals surface area (Å²) in [7, 11) is 0. The van der Waals surface area contributed by atoms with E-state index in [4.69, 9.17) is 23.2 Å². The number of carbonyl (C=O) groups is 1. The molecule has 0 spiro atoms. The van der Waals surface area contributed by atoms with Crippen molar-refractivity contribution in [2.45, 2.75) is 6.54 Å². The minimum absolute atomic E-state index is 0.0469. The molecule has 0 aliphatic carbocycles. The maximum atomic E-state index is 11.9. The van der Waals surface area contributed by atoms with Gasteiger partial charge in [0, 0.05) is 29.9 Å². The summed E-state index contributed by atoms with van der Waals surface area (Å²) >= 11 is 11.5. The number of carbonyl (C=O) groups excluding carboxylic acids is 1. The minimum atomic E-state index is -0.693. The molecule has 0 bridgehead atoms. The zero-order valence-corrected chi connectivity index (χ0v) is 11.4. The quantitative estimate of drug-likeness (QED) is 0.668. The van der Waals surface area contributed by atoms with Crippen molar-refractivity contribution in [1.29, 1.82) is 0 Å². The highest BCUT2D eigenvalue weighted by Crippen LogP contribution is 2.33. The molecule has 0 radical (unpaired) electrons. The second-order valence-electron chi connectivity index (χ2n) is 3.84. The molecule has 1 heterocycles. The molecular formula is C11H8Cl2N4O3. The van der Waals surface area contributed by atoms with Crippen LogP contribution < -0.4 is 5.32 Å². The first-order valence-electron chi connectivity index (χ1n) is 5.38. The average molecular weight is 315 g/mol. The molecule has 0 unspecified atom stereocenters. The van der Waals surface area contributed by atoms with Gasteiger partial charge in [-0.2, -0.15) is 5.10 Å². The SMILES string of the molecule is O=C(NCc1cn[nH]c1)c1cc(Cl)c(Cl)c([N+](=O)[O-])c1. The molecule has 104 valence electrons. The lowest BCUT2D eigenvalue weighted by atomic mass is 10.2. The van der Waals surface area contributed by atoms with E-state index in [1.807, 2.05) is 0 Å². The Balaban J connectivity index is 2.19. The van der Waals surface area contributed by atoms with Crippen LogP contribution in [-0.4, -0.2) is 21.0 Å². The number of amides is 1. The Bertz CT molecular complexity index is 658. The molecule has 0 saturated carbocycles. The lowest BCUT2D eigenvalue weighted by Gasteiger charge is -2.05. The third-order valence-electron chi connectivity index (χ3n) is 2.48. The van der Waals surface area contributed by atoms with E-state index in [9.17, 15) is 14.9 Å². The third-order valence-corrected chi connectivity index (χ3v) is 3.27. The summed E-state index contributed by atoms with van der Waals surface area (Å²) in [5, 5.41) is 19.5. The molecule has 1 aromatic carbocycles. The zero-order chi connectivity index (χ0) is 14.7. The molecular weight excluding hydrogens is 307 g/mol. The Labute approximate surface area is 123 Å². The van der Waals surface area contributed by atoms with E-state index in [0.29, 0.717) is 0 Å². The molecule has 0 fully saturated rings. The molecule has 0 saturated heterocycles. The van der Waals surface area contributed by atoms with Crippen molar-refractivity contribution in [3.63, 3.8) is 0 Å². The molecule has 9 heteroatoms. The van der Waals surface area contributed by atoms with Crippen LogP contribution in [0.1, 0.15) is 15.9 Å². The Morgan fingerprint density at radius 1 is 1.45 bits per heavy atom. The van der Waals surface area contributed by atoms with Crippen molar-refractivity contribution >= 4 is 34.8 Å². The Morgan fingerprint density at radius 2 is 2.20 bits per heavy atom. The fraction of sp³-hybridized carbons (Fsp3) is 0.0909. The Kier molecular flexibility index (Phi) is 4.21. The summed E-state index contributed by atoms with van der Waals surface area (Å²) in [5.41, 5.74) is 0.426. The second-order valence-corrected chi connectivity index (χ2v) is 4.62. The molecule has 2 N–H and O–H groups in total. The second kappa shape index (κ2) is 5.89. The van der Waals surface area contributed by atoms with Crippen molar-refractivity contribution in [2.24, 2.45) is 0 Å². The van der Waals surface area contributed by atoms with Crippen LogP contribution in [0.2, 0.25) is 10.0 Å². The highest BCUT2D eigenvalue weighted by Gasteiger charge is 2.20. The van der Waals surface area contributed by atoms with Crippen LogP contribution in [0.5, 0.6) is 0 Å². The van der Waals surface area contributed by atoms with E-state index in [2.05, 4.69) is 15.5 Å². The zero-order valence-electron chi connectivity index (χ0n) is 9.89. The van der Waals surface area contributed by atoms with Gasteiger partial charge in [-0.15, -0.1) is 0 Å². The van der Waals surface area contributed by atoms with Crippen molar-refractivity contribution < 1.29 is 9.72 Å². The van der Waals surface area contributed by atoms with Gasteiger partial charge in [-0.25, -0.2) is 0 Å². The average Bonchev–Trinajstić information content (AvgIpc) is 2.91. The van der Waals surface area contributed by atoms with Crippen molar-refractivity contribution in [3.05, 3.63) is 55.8 Å². The summed E-state index contributed by atoms with van der Waals surface area (Å²) in [5.74, 6) is -0.493. The number of nitrogens with zero attached hydrogens (tertiary/aromatic N) is 2. The first-order chi connectivity index (χ1) is 9.49. The molecule has 0 aliphatic rings. The maximum absolute atomic E-state index is 11.9. The van der Waals surface area contributed by atoms with Gasteiger partial charge in [0.1, 0.15) is 5.02 Å². The number of H-pyrrole nitrogens is 1. The lowest BCUT2D eigenvalue weighted by molar-refractivity contribution is -0.384. The van der Waals surface area contributed by atoms with Crippen LogP contribution in [0.15, 0.2) is 24.5 Å². The van der Waals surface area contributed by atoms with Gasteiger partial charge in [0.05, 0.1) is 16.1 Å². The van der Waals surface area contributed by atoms with Crippen LogP contribution in [0.4, 0.5) is 5.69 Å². The van der Waals surface area contributed by atoms with Gasteiger partial charge in [0.25, 0.3) is 11.6 Å². The van der Waals surface area contributed by atoms with E-state index in [1.54, 1.807) is 12.4 Å². The number of hydrogen-bond donors (Lipinski definition) is 2. The van der Waals surface area contributed by atoms with E-state index in [1.165, 1.54) is 6.07 Å². The molecule has 0 aliphatic heterocycles.